The first-order valence-electron chi connectivity index (χ1n) is 6.56. The Morgan fingerprint density at radius 1 is 1.58 bits per heavy atom. The summed E-state index contributed by atoms with van der Waals surface area (Å²) in [5.74, 6) is -0.0484. The van der Waals surface area contributed by atoms with E-state index in [0.717, 1.165) is 19.6 Å². The molecule has 0 spiro atoms. The third-order valence-electron chi connectivity index (χ3n) is 3.34. The van der Waals surface area contributed by atoms with Gasteiger partial charge in [0.25, 0.3) is 0 Å². The second-order valence-corrected chi connectivity index (χ2v) is 5.17. The van der Waals surface area contributed by atoms with Crippen LogP contribution in [-0.4, -0.2) is 52.6 Å². The number of piperidine rings is 1. The van der Waals surface area contributed by atoms with Crippen molar-refractivity contribution >= 4 is 11.9 Å². The number of aromatic carboxylic acids is 1. The van der Waals surface area contributed by atoms with Crippen molar-refractivity contribution in [3.05, 3.63) is 17.5 Å². The number of carboxylic acid groups (broad SMARTS) is 1. The van der Waals surface area contributed by atoms with Crippen LogP contribution in [0.25, 0.3) is 0 Å². The molecule has 19 heavy (non-hydrogen) atoms. The average molecular weight is 264 g/mol. The van der Waals surface area contributed by atoms with Crippen molar-refractivity contribution in [3.63, 3.8) is 0 Å². The Morgan fingerprint density at radius 3 is 3.05 bits per heavy atom. The molecule has 6 nitrogen and oxygen atoms in total. The largest absolute Gasteiger partial charge is 0.477 e. The number of hydrogen-bond donors (Lipinski definition) is 2. The predicted molar refractivity (Wildman–Crippen MR) is 72.4 cm³/mol. The SMILES string of the molecule is Cc1cc(C(=O)O)nc(NCC2CCCN(C)C2)n1. The van der Waals surface area contributed by atoms with E-state index in [1.165, 1.54) is 18.9 Å². The molecule has 1 fully saturated rings. The highest BCUT2D eigenvalue weighted by Crippen LogP contribution is 2.15. The van der Waals surface area contributed by atoms with Crippen LogP contribution in [0.5, 0.6) is 0 Å². The van der Waals surface area contributed by atoms with Crippen LogP contribution in [0, 0.1) is 12.8 Å². The van der Waals surface area contributed by atoms with Gasteiger partial charge in [-0.3, -0.25) is 0 Å². The molecule has 1 aromatic rings. The van der Waals surface area contributed by atoms with Gasteiger partial charge in [-0.05, 0) is 45.3 Å². The molecular weight excluding hydrogens is 244 g/mol. The number of nitrogens with one attached hydrogen (secondary N) is 1. The highest BCUT2D eigenvalue weighted by atomic mass is 16.4. The van der Waals surface area contributed by atoms with Crippen molar-refractivity contribution in [3.8, 4) is 0 Å². The van der Waals surface area contributed by atoms with Crippen LogP contribution in [0.15, 0.2) is 6.07 Å². The number of rotatable bonds is 4. The van der Waals surface area contributed by atoms with Crippen LogP contribution in [0.2, 0.25) is 0 Å². The quantitative estimate of drug-likeness (QED) is 0.852. The van der Waals surface area contributed by atoms with E-state index in [1.54, 1.807) is 6.92 Å². The fraction of sp³-hybridized carbons (Fsp3) is 0.615. The lowest BCUT2D eigenvalue weighted by Gasteiger charge is -2.29. The maximum absolute atomic E-state index is 10.9. The van der Waals surface area contributed by atoms with E-state index in [2.05, 4.69) is 27.2 Å². The van der Waals surface area contributed by atoms with Crippen molar-refractivity contribution in [2.45, 2.75) is 19.8 Å². The molecule has 2 rings (SSSR count). The first-order chi connectivity index (χ1) is 9.04. The molecule has 6 heteroatoms. The zero-order valence-electron chi connectivity index (χ0n) is 11.4. The minimum absolute atomic E-state index is 0.0377. The lowest BCUT2D eigenvalue weighted by atomic mass is 9.99. The summed E-state index contributed by atoms with van der Waals surface area (Å²) in [5.41, 5.74) is 0.700. The maximum atomic E-state index is 10.9. The number of carbonyl (C=O) groups is 1. The Hall–Kier alpha value is -1.69. The zero-order valence-corrected chi connectivity index (χ0v) is 11.4. The number of aryl methyl sites for hydroxylation is 1. The summed E-state index contributed by atoms with van der Waals surface area (Å²) in [4.78, 5) is 21.5. The highest BCUT2D eigenvalue weighted by molar-refractivity contribution is 5.85. The normalized spacial score (nSPS) is 20.2. The van der Waals surface area contributed by atoms with Crippen LogP contribution >= 0.6 is 0 Å². The Balaban J connectivity index is 1.97. The molecule has 0 aliphatic carbocycles. The van der Waals surface area contributed by atoms with Crippen molar-refractivity contribution in [1.82, 2.24) is 14.9 Å². The van der Waals surface area contributed by atoms with E-state index in [-0.39, 0.29) is 5.69 Å². The van der Waals surface area contributed by atoms with Gasteiger partial charge in [-0.2, -0.15) is 0 Å². The number of likely N-dealkylation sites (tertiary alicyclic amines) is 1. The lowest BCUT2D eigenvalue weighted by molar-refractivity contribution is 0.0690. The zero-order chi connectivity index (χ0) is 13.8. The molecule has 1 aliphatic rings. The van der Waals surface area contributed by atoms with Gasteiger partial charge in [-0.25, -0.2) is 14.8 Å². The number of carboxylic acids is 1. The molecule has 2 N–H and O–H groups in total. The first-order valence-corrected chi connectivity index (χ1v) is 6.56. The summed E-state index contributed by atoms with van der Waals surface area (Å²) in [7, 11) is 2.12. The van der Waals surface area contributed by atoms with Crippen LogP contribution in [0.4, 0.5) is 5.95 Å². The first kappa shape index (κ1) is 13.7. The third kappa shape index (κ3) is 3.89. The van der Waals surface area contributed by atoms with E-state index < -0.39 is 5.97 Å². The number of aromatic nitrogens is 2. The molecule has 1 unspecified atom stereocenters. The molecule has 0 aromatic carbocycles. The van der Waals surface area contributed by atoms with Gasteiger partial charge in [-0.1, -0.05) is 0 Å². The molecule has 1 atom stereocenters. The molecule has 2 heterocycles. The second-order valence-electron chi connectivity index (χ2n) is 5.17. The summed E-state index contributed by atoms with van der Waals surface area (Å²) in [6.07, 6.45) is 2.40. The van der Waals surface area contributed by atoms with E-state index in [1.807, 2.05) is 0 Å². The summed E-state index contributed by atoms with van der Waals surface area (Å²) in [6, 6.07) is 1.47. The molecule has 1 saturated heterocycles. The molecule has 1 aromatic heterocycles. The number of nitrogens with zero attached hydrogens (tertiary/aromatic N) is 3. The Bertz CT molecular complexity index is 464. The van der Waals surface area contributed by atoms with Gasteiger partial charge in [0.2, 0.25) is 5.95 Å². The highest BCUT2D eigenvalue weighted by Gasteiger charge is 2.17. The monoisotopic (exact) mass is 264 g/mol. The molecule has 0 bridgehead atoms. The van der Waals surface area contributed by atoms with Crippen molar-refractivity contribution < 1.29 is 9.90 Å². The topological polar surface area (TPSA) is 78.3 Å². The summed E-state index contributed by atoms with van der Waals surface area (Å²) < 4.78 is 0. The number of anilines is 1. The predicted octanol–water partition coefficient (Wildman–Crippen LogP) is 1.24. The Kier molecular flexibility index (Phi) is 4.31. The van der Waals surface area contributed by atoms with Gasteiger partial charge in [0.05, 0.1) is 0 Å². The summed E-state index contributed by atoms with van der Waals surface area (Å²) in [5, 5.41) is 12.1. The Morgan fingerprint density at radius 2 is 2.37 bits per heavy atom. The van der Waals surface area contributed by atoms with Gasteiger partial charge in [0.15, 0.2) is 5.69 Å². The van der Waals surface area contributed by atoms with Crippen LogP contribution < -0.4 is 5.32 Å². The van der Waals surface area contributed by atoms with Crippen LogP contribution in [-0.2, 0) is 0 Å². The summed E-state index contributed by atoms with van der Waals surface area (Å²) in [6.45, 7) is 4.77. The van der Waals surface area contributed by atoms with Crippen molar-refractivity contribution in [2.24, 2.45) is 5.92 Å². The van der Waals surface area contributed by atoms with Crippen molar-refractivity contribution in [2.75, 3.05) is 32.0 Å². The Labute approximate surface area is 112 Å². The fourth-order valence-corrected chi connectivity index (χ4v) is 2.43. The molecule has 0 amide bonds. The van der Waals surface area contributed by atoms with E-state index in [0.29, 0.717) is 17.6 Å². The van der Waals surface area contributed by atoms with E-state index >= 15 is 0 Å². The maximum Gasteiger partial charge on any atom is 0.354 e. The molecule has 104 valence electrons. The molecule has 1 aliphatic heterocycles. The average Bonchev–Trinajstić information content (AvgIpc) is 2.36. The van der Waals surface area contributed by atoms with Gasteiger partial charge >= 0.3 is 5.97 Å². The van der Waals surface area contributed by atoms with Crippen LogP contribution in [0.3, 0.4) is 0 Å². The fourth-order valence-electron chi connectivity index (χ4n) is 2.43. The lowest BCUT2D eigenvalue weighted by Crippen LogP contribution is -2.35. The smallest absolute Gasteiger partial charge is 0.354 e. The molecule has 0 saturated carbocycles. The van der Waals surface area contributed by atoms with Gasteiger partial charge in [-0.15, -0.1) is 0 Å². The molecule has 0 radical (unpaired) electrons. The van der Waals surface area contributed by atoms with Crippen LogP contribution in [0.1, 0.15) is 29.0 Å². The van der Waals surface area contributed by atoms with Crippen molar-refractivity contribution in [1.29, 1.82) is 0 Å². The number of hydrogen-bond acceptors (Lipinski definition) is 5. The van der Waals surface area contributed by atoms with Gasteiger partial charge in [0.1, 0.15) is 0 Å². The van der Waals surface area contributed by atoms with Gasteiger partial charge in [0, 0.05) is 18.8 Å². The minimum atomic E-state index is -1.02. The second kappa shape index (κ2) is 5.97. The van der Waals surface area contributed by atoms with E-state index in [4.69, 9.17) is 5.11 Å². The standard InChI is InChI=1S/C13H20N4O2/c1-9-6-11(12(18)19)16-13(15-9)14-7-10-4-3-5-17(2)8-10/h6,10H,3-5,7-8H2,1-2H3,(H,18,19)(H,14,15,16). The third-order valence-corrected chi connectivity index (χ3v) is 3.34. The van der Waals surface area contributed by atoms with E-state index in [9.17, 15) is 4.79 Å². The van der Waals surface area contributed by atoms with Gasteiger partial charge < -0.3 is 15.3 Å². The minimum Gasteiger partial charge on any atom is -0.477 e. The summed E-state index contributed by atoms with van der Waals surface area (Å²) >= 11 is 0. The molecular formula is C13H20N4O2.